The molecule has 192 valence electrons. The van der Waals surface area contributed by atoms with Crippen molar-refractivity contribution in [2.24, 2.45) is 4.99 Å². The highest BCUT2D eigenvalue weighted by molar-refractivity contribution is 6.35. The lowest BCUT2D eigenvalue weighted by Crippen LogP contribution is -2.05. The van der Waals surface area contributed by atoms with Gasteiger partial charge >= 0.3 is 5.97 Å². The van der Waals surface area contributed by atoms with E-state index >= 15 is 0 Å². The molecular weight excluding hydrogens is 513 g/mol. The van der Waals surface area contributed by atoms with Crippen LogP contribution < -0.4 is 14.2 Å². The van der Waals surface area contributed by atoms with Gasteiger partial charge in [-0.15, -0.1) is 0 Å². The van der Waals surface area contributed by atoms with Crippen molar-refractivity contribution in [1.82, 2.24) is 0 Å². The van der Waals surface area contributed by atoms with E-state index in [9.17, 15) is 4.79 Å². The fraction of sp³-hybridized carbons (Fsp3) is 0.241. The number of unbranched alkanes of at least 4 members (excludes halogenated alkanes) is 1. The lowest BCUT2D eigenvalue weighted by Gasteiger charge is -2.13. The highest BCUT2D eigenvalue weighted by Crippen LogP contribution is 2.32. The number of rotatable bonds is 11. The predicted octanol–water partition coefficient (Wildman–Crippen LogP) is 7.49. The fourth-order valence-electron chi connectivity index (χ4n) is 3.51. The van der Waals surface area contributed by atoms with Gasteiger partial charge in [-0.1, -0.05) is 48.7 Å². The molecule has 0 saturated heterocycles. The van der Waals surface area contributed by atoms with Crippen molar-refractivity contribution in [2.75, 3.05) is 13.2 Å². The van der Waals surface area contributed by atoms with Gasteiger partial charge in [-0.2, -0.15) is 0 Å². The molecule has 1 aliphatic rings. The molecule has 0 radical (unpaired) electrons. The van der Waals surface area contributed by atoms with Crippen molar-refractivity contribution < 1.29 is 23.7 Å². The van der Waals surface area contributed by atoms with Gasteiger partial charge in [0, 0.05) is 21.2 Å². The van der Waals surface area contributed by atoms with Crippen LogP contribution in [0.1, 0.15) is 43.4 Å². The van der Waals surface area contributed by atoms with Gasteiger partial charge < -0.3 is 18.9 Å². The summed E-state index contributed by atoms with van der Waals surface area (Å²) in [5, 5.41) is 1.09. The van der Waals surface area contributed by atoms with E-state index in [1.807, 2.05) is 43.3 Å². The van der Waals surface area contributed by atoms with Gasteiger partial charge in [0.1, 0.15) is 12.4 Å². The molecule has 8 heteroatoms. The van der Waals surface area contributed by atoms with Crippen LogP contribution in [0, 0.1) is 0 Å². The van der Waals surface area contributed by atoms with Crippen LogP contribution in [0.3, 0.4) is 0 Å². The average molecular weight is 540 g/mol. The molecular formula is C29H27Cl2NO5. The predicted molar refractivity (Wildman–Crippen MR) is 146 cm³/mol. The molecule has 0 amide bonds. The van der Waals surface area contributed by atoms with Gasteiger partial charge in [0.05, 0.1) is 13.2 Å². The molecule has 3 aromatic carbocycles. The average Bonchev–Trinajstić information content (AvgIpc) is 3.25. The third-order valence-corrected chi connectivity index (χ3v) is 6.04. The molecule has 0 fully saturated rings. The number of hydrogen-bond acceptors (Lipinski definition) is 6. The largest absolute Gasteiger partial charge is 0.494 e. The third kappa shape index (κ3) is 7.06. The first-order valence-electron chi connectivity index (χ1n) is 12.1. The molecule has 0 saturated carbocycles. The number of carbonyl (C=O) groups excluding carboxylic acids is 1. The van der Waals surface area contributed by atoms with Crippen LogP contribution in [0.4, 0.5) is 0 Å². The second-order valence-corrected chi connectivity index (χ2v) is 9.07. The molecule has 37 heavy (non-hydrogen) atoms. The number of halogens is 2. The van der Waals surface area contributed by atoms with Gasteiger partial charge in [0.15, 0.2) is 17.2 Å². The first kappa shape index (κ1) is 26.6. The van der Waals surface area contributed by atoms with Crippen LogP contribution in [0.25, 0.3) is 6.08 Å². The van der Waals surface area contributed by atoms with E-state index in [2.05, 4.69) is 11.9 Å². The first-order chi connectivity index (χ1) is 18.0. The van der Waals surface area contributed by atoms with E-state index in [0.717, 1.165) is 29.7 Å². The van der Waals surface area contributed by atoms with Crippen molar-refractivity contribution in [2.45, 2.75) is 33.3 Å². The van der Waals surface area contributed by atoms with E-state index in [1.54, 1.807) is 30.3 Å². The van der Waals surface area contributed by atoms with Crippen molar-refractivity contribution in [3.63, 3.8) is 0 Å². The second kappa shape index (κ2) is 12.7. The maximum Gasteiger partial charge on any atom is 0.363 e. The Bertz CT molecular complexity index is 1320. The van der Waals surface area contributed by atoms with Crippen molar-refractivity contribution in [1.29, 1.82) is 0 Å². The summed E-state index contributed by atoms with van der Waals surface area (Å²) < 4.78 is 22.8. The van der Waals surface area contributed by atoms with E-state index in [1.165, 1.54) is 0 Å². The maximum absolute atomic E-state index is 12.5. The molecule has 0 N–H and O–H groups in total. The zero-order valence-electron chi connectivity index (χ0n) is 20.6. The Kier molecular flexibility index (Phi) is 9.09. The number of ether oxygens (including phenoxy) is 4. The van der Waals surface area contributed by atoms with Crippen LogP contribution in [0.15, 0.2) is 71.4 Å². The maximum atomic E-state index is 12.5. The van der Waals surface area contributed by atoms with Gasteiger partial charge in [-0.05, 0) is 73.5 Å². The number of esters is 1. The van der Waals surface area contributed by atoms with Gasteiger partial charge in [-0.25, -0.2) is 9.79 Å². The van der Waals surface area contributed by atoms with Gasteiger partial charge in [0.2, 0.25) is 5.90 Å². The normalized spacial score (nSPS) is 13.9. The summed E-state index contributed by atoms with van der Waals surface area (Å²) in [6.45, 7) is 5.36. The summed E-state index contributed by atoms with van der Waals surface area (Å²) >= 11 is 12.2. The van der Waals surface area contributed by atoms with Gasteiger partial charge in [-0.3, -0.25) is 0 Å². The zero-order chi connectivity index (χ0) is 26.2. The Morgan fingerprint density at radius 2 is 1.73 bits per heavy atom. The molecule has 1 heterocycles. The summed E-state index contributed by atoms with van der Waals surface area (Å²) in [6, 6.07) is 18.0. The van der Waals surface area contributed by atoms with Crippen LogP contribution in [0.2, 0.25) is 10.0 Å². The highest BCUT2D eigenvalue weighted by Gasteiger charge is 2.24. The lowest BCUT2D eigenvalue weighted by atomic mass is 10.1. The molecule has 0 spiro atoms. The molecule has 0 aliphatic carbocycles. The minimum Gasteiger partial charge on any atom is -0.494 e. The Hall–Kier alpha value is -3.48. The van der Waals surface area contributed by atoms with E-state index in [4.69, 9.17) is 42.1 Å². The van der Waals surface area contributed by atoms with Gasteiger partial charge in [0.25, 0.3) is 0 Å². The van der Waals surface area contributed by atoms with E-state index in [0.29, 0.717) is 40.3 Å². The molecule has 0 unspecified atom stereocenters. The topological polar surface area (TPSA) is 66.3 Å². The number of aliphatic imine (C=N–C) groups is 1. The molecule has 3 aromatic rings. The van der Waals surface area contributed by atoms with Crippen LogP contribution in [-0.2, 0) is 16.1 Å². The Labute approximate surface area is 226 Å². The summed E-state index contributed by atoms with van der Waals surface area (Å²) in [7, 11) is 0. The fourth-order valence-corrected chi connectivity index (χ4v) is 3.98. The van der Waals surface area contributed by atoms with Crippen molar-refractivity contribution in [3.05, 3.63) is 93.1 Å². The Morgan fingerprint density at radius 1 is 0.919 bits per heavy atom. The number of nitrogens with zero attached hydrogens (tertiary/aromatic N) is 1. The monoisotopic (exact) mass is 539 g/mol. The molecule has 0 aromatic heterocycles. The zero-order valence-corrected chi connectivity index (χ0v) is 22.1. The molecule has 6 nitrogen and oxygen atoms in total. The van der Waals surface area contributed by atoms with E-state index < -0.39 is 5.97 Å². The standard InChI is InChI=1S/C29H27Cl2NO5/c1-3-5-14-35-23-11-8-20(9-12-23)28-32-25(29(33)37-28)15-19-6-13-26(27(16-19)34-4-2)36-18-21-7-10-22(30)17-24(21)31/h6-13,15-17H,3-5,14,18H2,1-2H3/b25-15-. The van der Waals surface area contributed by atoms with Crippen LogP contribution in [-0.4, -0.2) is 25.1 Å². The number of cyclic esters (lactones) is 1. The number of benzene rings is 3. The summed E-state index contributed by atoms with van der Waals surface area (Å²) in [5.41, 5.74) is 2.41. The molecule has 0 atom stereocenters. The first-order valence-corrected chi connectivity index (χ1v) is 12.8. The van der Waals surface area contributed by atoms with Crippen molar-refractivity contribution in [3.8, 4) is 17.2 Å². The number of hydrogen-bond donors (Lipinski definition) is 0. The summed E-state index contributed by atoms with van der Waals surface area (Å²) in [4.78, 5) is 16.9. The Balaban J connectivity index is 1.49. The lowest BCUT2D eigenvalue weighted by molar-refractivity contribution is -0.129. The minimum atomic E-state index is -0.520. The number of carbonyl (C=O) groups is 1. The van der Waals surface area contributed by atoms with Crippen molar-refractivity contribution >= 4 is 41.1 Å². The SMILES string of the molecule is CCCCOc1ccc(C2=N/C(=C\c3ccc(OCc4ccc(Cl)cc4Cl)c(OCC)c3)C(=O)O2)cc1. The molecule has 1 aliphatic heterocycles. The minimum absolute atomic E-state index is 0.197. The quantitative estimate of drug-likeness (QED) is 0.143. The van der Waals surface area contributed by atoms with Crippen LogP contribution in [0.5, 0.6) is 17.2 Å². The van der Waals surface area contributed by atoms with E-state index in [-0.39, 0.29) is 18.2 Å². The van der Waals surface area contributed by atoms with Crippen LogP contribution >= 0.6 is 23.2 Å². The Morgan fingerprint density at radius 3 is 2.46 bits per heavy atom. The second-order valence-electron chi connectivity index (χ2n) is 8.23. The third-order valence-electron chi connectivity index (χ3n) is 5.46. The molecule has 0 bridgehead atoms. The smallest absolute Gasteiger partial charge is 0.363 e. The molecule has 4 rings (SSSR count). The summed E-state index contributed by atoms with van der Waals surface area (Å²) in [6.07, 6.45) is 3.72. The highest BCUT2D eigenvalue weighted by atomic mass is 35.5. The summed E-state index contributed by atoms with van der Waals surface area (Å²) in [5.74, 6) is 1.59.